The lowest BCUT2D eigenvalue weighted by Gasteiger charge is -2.02. The van der Waals surface area contributed by atoms with Crippen LogP contribution in [0.3, 0.4) is 0 Å². The van der Waals surface area contributed by atoms with E-state index in [0.29, 0.717) is 0 Å². The Morgan fingerprint density at radius 3 is 2.35 bits per heavy atom. The normalized spacial score (nSPS) is 12.7. The summed E-state index contributed by atoms with van der Waals surface area (Å²) in [6.07, 6.45) is 1.09. The average Bonchev–Trinajstić information content (AvgIpc) is 2.72. The van der Waals surface area contributed by atoms with Gasteiger partial charge in [0.2, 0.25) is 0 Å². The lowest BCUT2D eigenvalue weighted by atomic mass is 10.1. The molecule has 0 spiro atoms. The van der Waals surface area contributed by atoms with Crippen LogP contribution in [0.4, 0.5) is 0 Å². The summed E-state index contributed by atoms with van der Waals surface area (Å²) in [6, 6.07) is 11.2. The first-order valence-electron chi connectivity index (χ1n) is 6.07. The number of nitrogens with two attached hydrogens (primary N) is 1. The van der Waals surface area contributed by atoms with Gasteiger partial charge in [0.25, 0.3) is 0 Å². The summed E-state index contributed by atoms with van der Waals surface area (Å²) in [5, 5.41) is 0. The zero-order valence-electron chi connectivity index (χ0n) is 10.7. The number of thiophene rings is 1. The first-order chi connectivity index (χ1) is 8.11. The van der Waals surface area contributed by atoms with Crippen LogP contribution in [0, 0.1) is 6.92 Å². The third-order valence-corrected chi connectivity index (χ3v) is 4.50. The molecule has 0 aliphatic heterocycles. The van der Waals surface area contributed by atoms with Gasteiger partial charge in [-0.25, -0.2) is 0 Å². The topological polar surface area (TPSA) is 26.0 Å². The maximum absolute atomic E-state index is 5.93. The monoisotopic (exact) mass is 245 g/mol. The van der Waals surface area contributed by atoms with Crippen LogP contribution in [0.2, 0.25) is 0 Å². The highest BCUT2D eigenvalue weighted by Gasteiger charge is 2.10. The molecule has 1 nitrogen and oxygen atoms in total. The van der Waals surface area contributed by atoms with Crippen LogP contribution in [0.15, 0.2) is 30.3 Å². The van der Waals surface area contributed by atoms with Gasteiger partial charge in [-0.05, 0) is 43.0 Å². The Morgan fingerprint density at radius 2 is 1.88 bits per heavy atom. The van der Waals surface area contributed by atoms with Crippen LogP contribution >= 0.6 is 11.3 Å². The molecule has 2 heteroatoms. The van der Waals surface area contributed by atoms with Crippen LogP contribution in [-0.2, 0) is 6.42 Å². The molecule has 1 atom stereocenters. The van der Waals surface area contributed by atoms with Crippen molar-refractivity contribution in [2.24, 2.45) is 5.73 Å². The van der Waals surface area contributed by atoms with Gasteiger partial charge in [-0.15, -0.1) is 11.3 Å². The number of benzene rings is 1. The number of rotatable bonds is 3. The average molecular weight is 245 g/mol. The summed E-state index contributed by atoms with van der Waals surface area (Å²) in [5.74, 6) is 0. The van der Waals surface area contributed by atoms with Crippen molar-refractivity contribution in [3.8, 4) is 10.4 Å². The highest BCUT2D eigenvalue weighted by Crippen LogP contribution is 2.34. The molecular weight excluding hydrogens is 226 g/mol. The maximum Gasteiger partial charge on any atom is 0.0375 e. The quantitative estimate of drug-likeness (QED) is 0.857. The van der Waals surface area contributed by atoms with Crippen molar-refractivity contribution in [3.05, 3.63) is 46.3 Å². The van der Waals surface area contributed by atoms with Gasteiger partial charge in [-0.1, -0.05) is 31.2 Å². The fraction of sp³-hybridized carbons (Fsp3) is 0.333. The molecule has 2 N–H and O–H groups in total. The van der Waals surface area contributed by atoms with E-state index in [-0.39, 0.29) is 6.04 Å². The van der Waals surface area contributed by atoms with Gasteiger partial charge in [0.1, 0.15) is 0 Å². The van der Waals surface area contributed by atoms with Crippen molar-refractivity contribution in [1.82, 2.24) is 0 Å². The van der Waals surface area contributed by atoms with E-state index in [4.69, 9.17) is 5.73 Å². The SMILES string of the molecule is CCc1ccc(-c2sc(C(C)N)cc2C)cc1. The van der Waals surface area contributed by atoms with Gasteiger partial charge in [-0.2, -0.15) is 0 Å². The van der Waals surface area contributed by atoms with E-state index < -0.39 is 0 Å². The fourth-order valence-corrected chi connectivity index (χ4v) is 3.04. The summed E-state index contributed by atoms with van der Waals surface area (Å²) in [6.45, 7) is 6.38. The van der Waals surface area contributed by atoms with E-state index >= 15 is 0 Å². The van der Waals surface area contributed by atoms with Crippen LogP contribution in [0.25, 0.3) is 10.4 Å². The van der Waals surface area contributed by atoms with Crippen molar-refractivity contribution in [2.75, 3.05) is 0 Å². The highest BCUT2D eigenvalue weighted by molar-refractivity contribution is 7.15. The smallest absolute Gasteiger partial charge is 0.0375 e. The molecule has 1 aromatic carbocycles. The predicted molar refractivity (Wildman–Crippen MR) is 76.5 cm³/mol. The minimum atomic E-state index is 0.127. The number of hydrogen-bond acceptors (Lipinski definition) is 2. The highest BCUT2D eigenvalue weighted by atomic mass is 32.1. The van der Waals surface area contributed by atoms with Crippen LogP contribution < -0.4 is 5.73 Å². The molecule has 0 saturated carbocycles. The molecule has 90 valence electrons. The summed E-state index contributed by atoms with van der Waals surface area (Å²) >= 11 is 1.81. The number of hydrogen-bond donors (Lipinski definition) is 1. The minimum Gasteiger partial charge on any atom is -0.324 e. The second-order valence-corrected chi connectivity index (χ2v) is 5.58. The third kappa shape index (κ3) is 2.59. The van der Waals surface area contributed by atoms with E-state index in [2.05, 4.69) is 44.2 Å². The Balaban J connectivity index is 2.38. The van der Waals surface area contributed by atoms with Crippen molar-refractivity contribution in [3.63, 3.8) is 0 Å². The zero-order chi connectivity index (χ0) is 12.4. The molecule has 0 bridgehead atoms. The molecule has 1 heterocycles. The number of aryl methyl sites for hydroxylation is 2. The minimum absolute atomic E-state index is 0.127. The largest absolute Gasteiger partial charge is 0.324 e. The van der Waals surface area contributed by atoms with Gasteiger partial charge in [0, 0.05) is 15.8 Å². The van der Waals surface area contributed by atoms with E-state index in [9.17, 15) is 0 Å². The third-order valence-electron chi connectivity index (χ3n) is 3.01. The molecule has 0 fully saturated rings. The molecular formula is C15H19NS. The lowest BCUT2D eigenvalue weighted by molar-refractivity contribution is 0.838. The molecule has 0 saturated heterocycles. The second kappa shape index (κ2) is 5.03. The van der Waals surface area contributed by atoms with Gasteiger partial charge in [-0.3, -0.25) is 0 Å². The van der Waals surface area contributed by atoms with Gasteiger partial charge in [0.15, 0.2) is 0 Å². The van der Waals surface area contributed by atoms with Crippen molar-refractivity contribution < 1.29 is 0 Å². The van der Waals surface area contributed by atoms with Crippen molar-refractivity contribution >= 4 is 11.3 Å². The van der Waals surface area contributed by atoms with Crippen LogP contribution in [0.5, 0.6) is 0 Å². The molecule has 2 aromatic rings. The van der Waals surface area contributed by atoms with Gasteiger partial charge >= 0.3 is 0 Å². The molecule has 1 aromatic heterocycles. The standard InChI is InChI=1S/C15H19NS/c1-4-12-5-7-13(8-6-12)15-10(2)9-14(17-15)11(3)16/h5-9,11H,4,16H2,1-3H3. The zero-order valence-corrected chi connectivity index (χ0v) is 11.5. The Bertz CT molecular complexity index is 494. The first kappa shape index (κ1) is 12.3. The van der Waals surface area contributed by atoms with E-state index in [0.717, 1.165) is 6.42 Å². The van der Waals surface area contributed by atoms with Crippen molar-refractivity contribution in [2.45, 2.75) is 33.2 Å². The van der Waals surface area contributed by atoms with Gasteiger partial charge < -0.3 is 5.73 Å². The molecule has 17 heavy (non-hydrogen) atoms. The van der Waals surface area contributed by atoms with Gasteiger partial charge in [0.05, 0.1) is 0 Å². The summed E-state index contributed by atoms with van der Waals surface area (Å²) in [5.41, 5.74) is 9.94. The molecule has 0 aliphatic rings. The molecule has 0 amide bonds. The van der Waals surface area contributed by atoms with Crippen LogP contribution in [-0.4, -0.2) is 0 Å². The Morgan fingerprint density at radius 1 is 1.24 bits per heavy atom. The molecule has 2 rings (SSSR count). The lowest BCUT2D eigenvalue weighted by Crippen LogP contribution is -2.01. The van der Waals surface area contributed by atoms with E-state index in [1.807, 2.05) is 18.3 Å². The fourth-order valence-electron chi connectivity index (χ4n) is 1.91. The van der Waals surface area contributed by atoms with Crippen LogP contribution in [0.1, 0.15) is 35.9 Å². The molecule has 0 radical (unpaired) electrons. The summed E-state index contributed by atoms with van der Waals surface area (Å²) in [7, 11) is 0. The second-order valence-electron chi connectivity index (χ2n) is 4.50. The Labute approximate surface area is 107 Å². The summed E-state index contributed by atoms with van der Waals surface area (Å²) in [4.78, 5) is 2.61. The maximum atomic E-state index is 5.93. The van der Waals surface area contributed by atoms with E-state index in [1.165, 1.54) is 26.4 Å². The summed E-state index contributed by atoms with van der Waals surface area (Å²) < 4.78 is 0. The van der Waals surface area contributed by atoms with Crippen molar-refractivity contribution in [1.29, 1.82) is 0 Å². The first-order valence-corrected chi connectivity index (χ1v) is 6.88. The van der Waals surface area contributed by atoms with E-state index in [1.54, 1.807) is 0 Å². The Kier molecular flexibility index (Phi) is 3.65. The predicted octanol–water partition coefficient (Wildman–Crippen LogP) is 4.31. The molecule has 0 aliphatic carbocycles. The molecule has 1 unspecified atom stereocenters. The Hall–Kier alpha value is -1.12.